The summed E-state index contributed by atoms with van der Waals surface area (Å²) in [6.07, 6.45) is 1.86. The standard InChI is InChI=1S/C23H22N2O4S/c1-3-28-18-10-11-20-21(14-18)30-23(24-20)25(15-19-5-4-12-29-19)22(26)13-16-6-8-17(27-2)9-7-16/h4-12,14H,3,13,15H2,1-2H3. The second-order valence-corrected chi connectivity index (χ2v) is 7.65. The average molecular weight is 423 g/mol. The summed E-state index contributed by atoms with van der Waals surface area (Å²) in [5, 5.41) is 0.633. The number of ether oxygens (including phenoxy) is 2. The van der Waals surface area contributed by atoms with Gasteiger partial charge in [-0.1, -0.05) is 23.5 Å². The number of benzene rings is 2. The lowest BCUT2D eigenvalue weighted by Gasteiger charge is -2.19. The molecule has 1 amide bonds. The van der Waals surface area contributed by atoms with Crippen LogP contribution in [-0.2, 0) is 17.8 Å². The van der Waals surface area contributed by atoms with Crippen LogP contribution in [0.5, 0.6) is 11.5 Å². The number of nitrogens with zero attached hydrogens (tertiary/aromatic N) is 2. The number of methoxy groups -OCH3 is 1. The number of hydrogen-bond donors (Lipinski definition) is 0. The third-order valence-electron chi connectivity index (χ3n) is 4.60. The minimum Gasteiger partial charge on any atom is -0.497 e. The number of amides is 1. The van der Waals surface area contributed by atoms with Crippen LogP contribution in [0.1, 0.15) is 18.2 Å². The molecular weight excluding hydrogens is 400 g/mol. The molecule has 0 aliphatic carbocycles. The van der Waals surface area contributed by atoms with E-state index in [-0.39, 0.29) is 12.3 Å². The van der Waals surface area contributed by atoms with Crippen molar-refractivity contribution >= 4 is 32.6 Å². The molecule has 0 bridgehead atoms. The Balaban J connectivity index is 1.63. The highest BCUT2D eigenvalue weighted by Gasteiger charge is 2.22. The molecule has 0 saturated carbocycles. The molecule has 2 heterocycles. The number of aromatic nitrogens is 1. The minimum atomic E-state index is -0.0549. The van der Waals surface area contributed by atoms with E-state index in [1.165, 1.54) is 11.3 Å². The summed E-state index contributed by atoms with van der Waals surface area (Å²) in [6, 6.07) is 16.9. The lowest BCUT2D eigenvalue weighted by atomic mass is 10.1. The molecule has 0 fully saturated rings. The zero-order chi connectivity index (χ0) is 20.9. The highest BCUT2D eigenvalue weighted by atomic mass is 32.1. The van der Waals surface area contributed by atoms with E-state index >= 15 is 0 Å². The van der Waals surface area contributed by atoms with Gasteiger partial charge in [0, 0.05) is 0 Å². The highest BCUT2D eigenvalue weighted by molar-refractivity contribution is 7.22. The summed E-state index contributed by atoms with van der Waals surface area (Å²) >= 11 is 1.46. The van der Waals surface area contributed by atoms with Gasteiger partial charge in [0.1, 0.15) is 17.3 Å². The number of carbonyl (C=O) groups excluding carboxylic acids is 1. The van der Waals surface area contributed by atoms with E-state index in [2.05, 4.69) is 0 Å². The lowest BCUT2D eigenvalue weighted by molar-refractivity contribution is -0.118. The third kappa shape index (κ3) is 4.46. The lowest BCUT2D eigenvalue weighted by Crippen LogP contribution is -2.31. The highest BCUT2D eigenvalue weighted by Crippen LogP contribution is 2.32. The van der Waals surface area contributed by atoms with Crippen molar-refractivity contribution in [3.05, 3.63) is 72.2 Å². The first-order chi connectivity index (χ1) is 14.7. The third-order valence-corrected chi connectivity index (χ3v) is 5.64. The molecule has 154 valence electrons. The number of anilines is 1. The van der Waals surface area contributed by atoms with E-state index in [1.807, 2.05) is 61.5 Å². The Bertz CT molecular complexity index is 1120. The van der Waals surface area contributed by atoms with E-state index in [1.54, 1.807) is 18.3 Å². The van der Waals surface area contributed by atoms with Crippen LogP contribution in [0, 0.1) is 0 Å². The SMILES string of the molecule is CCOc1ccc2nc(N(Cc3ccco3)C(=O)Cc3ccc(OC)cc3)sc2c1. The first-order valence-corrected chi connectivity index (χ1v) is 10.5. The zero-order valence-corrected chi connectivity index (χ0v) is 17.6. The van der Waals surface area contributed by atoms with Gasteiger partial charge in [0.15, 0.2) is 5.13 Å². The smallest absolute Gasteiger partial charge is 0.233 e. The van der Waals surface area contributed by atoms with Crippen molar-refractivity contribution in [1.29, 1.82) is 0 Å². The van der Waals surface area contributed by atoms with Gasteiger partial charge >= 0.3 is 0 Å². The maximum absolute atomic E-state index is 13.2. The van der Waals surface area contributed by atoms with E-state index in [0.717, 1.165) is 27.3 Å². The minimum absolute atomic E-state index is 0.0549. The van der Waals surface area contributed by atoms with Gasteiger partial charge in [-0.05, 0) is 55.0 Å². The Labute approximate surface area is 178 Å². The summed E-state index contributed by atoms with van der Waals surface area (Å²) < 4.78 is 17.2. The number of furan rings is 1. The largest absolute Gasteiger partial charge is 0.497 e. The van der Waals surface area contributed by atoms with Crippen LogP contribution < -0.4 is 14.4 Å². The Hall–Kier alpha value is -3.32. The summed E-state index contributed by atoms with van der Waals surface area (Å²) in [4.78, 5) is 19.6. The monoisotopic (exact) mass is 422 g/mol. The molecule has 0 saturated heterocycles. The molecule has 30 heavy (non-hydrogen) atoms. The Morgan fingerprint density at radius 1 is 1.13 bits per heavy atom. The predicted molar refractivity (Wildman–Crippen MR) is 117 cm³/mol. The van der Waals surface area contributed by atoms with E-state index < -0.39 is 0 Å². The molecule has 4 aromatic rings. The topological polar surface area (TPSA) is 64.8 Å². The van der Waals surface area contributed by atoms with Crippen molar-refractivity contribution in [3.8, 4) is 11.5 Å². The van der Waals surface area contributed by atoms with Crippen LogP contribution in [0.3, 0.4) is 0 Å². The van der Waals surface area contributed by atoms with Crippen LogP contribution in [0.2, 0.25) is 0 Å². The Morgan fingerprint density at radius 3 is 2.63 bits per heavy atom. The fraction of sp³-hybridized carbons (Fsp3) is 0.217. The van der Waals surface area contributed by atoms with Gasteiger partial charge in [-0.25, -0.2) is 4.98 Å². The van der Waals surface area contributed by atoms with Crippen molar-refractivity contribution in [2.24, 2.45) is 0 Å². The Morgan fingerprint density at radius 2 is 1.93 bits per heavy atom. The maximum atomic E-state index is 13.2. The van der Waals surface area contributed by atoms with Gasteiger partial charge in [-0.3, -0.25) is 9.69 Å². The molecule has 2 aromatic heterocycles. The van der Waals surface area contributed by atoms with Gasteiger partial charge in [-0.15, -0.1) is 0 Å². The van der Waals surface area contributed by atoms with Crippen LogP contribution in [-0.4, -0.2) is 24.6 Å². The predicted octanol–water partition coefficient (Wildman–Crippen LogP) is 5.07. The molecule has 0 spiro atoms. The summed E-state index contributed by atoms with van der Waals surface area (Å²) in [5.41, 5.74) is 1.74. The first-order valence-electron chi connectivity index (χ1n) is 9.65. The summed E-state index contributed by atoms with van der Waals surface area (Å²) in [6.45, 7) is 2.87. The second-order valence-electron chi connectivity index (χ2n) is 6.64. The van der Waals surface area contributed by atoms with Crippen molar-refractivity contribution in [1.82, 2.24) is 4.98 Å². The number of fused-ring (bicyclic) bond motifs is 1. The average Bonchev–Trinajstić information content (AvgIpc) is 3.42. The second kappa shape index (κ2) is 9.00. The van der Waals surface area contributed by atoms with E-state index in [9.17, 15) is 4.79 Å². The molecule has 0 N–H and O–H groups in total. The van der Waals surface area contributed by atoms with E-state index in [4.69, 9.17) is 18.9 Å². The molecule has 4 rings (SSSR count). The van der Waals surface area contributed by atoms with Crippen molar-refractivity contribution in [2.45, 2.75) is 19.9 Å². The molecule has 0 radical (unpaired) electrons. The first kappa shape index (κ1) is 20.0. The van der Waals surface area contributed by atoms with Crippen LogP contribution in [0.15, 0.2) is 65.3 Å². The molecule has 0 unspecified atom stereocenters. The van der Waals surface area contributed by atoms with Crippen LogP contribution in [0.25, 0.3) is 10.2 Å². The molecule has 0 aliphatic heterocycles. The molecule has 2 aromatic carbocycles. The van der Waals surface area contributed by atoms with Crippen molar-refractivity contribution in [3.63, 3.8) is 0 Å². The maximum Gasteiger partial charge on any atom is 0.233 e. The Kier molecular flexibility index (Phi) is 5.99. The van der Waals surface area contributed by atoms with Crippen LogP contribution >= 0.6 is 11.3 Å². The summed E-state index contributed by atoms with van der Waals surface area (Å²) in [7, 11) is 1.62. The van der Waals surface area contributed by atoms with Gasteiger partial charge in [0.2, 0.25) is 5.91 Å². The van der Waals surface area contributed by atoms with Gasteiger partial charge in [0.25, 0.3) is 0 Å². The fourth-order valence-electron chi connectivity index (χ4n) is 3.10. The van der Waals surface area contributed by atoms with Gasteiger partial charge in [-0.2, -0.15) is 0 Å². The fourth-order valence-corrected chi connectivity index (χ4v) is 4.11. The van der Waals surface area contributed by atoms with Crippen LogP contribution in [0.4, 0.5) is 5.13 Å². The molecule has 0 atom stereocenters. The molecule has 0 aliphatic rings. The molecule has 7 heteroatoms. The number of rotatable bonds is 8. The number of carbonyl (C=O) groups is 1. The zero-order valence-electron chi connectivity index (χ0n) is 16.8. The van der Waals surface area contributed by atoms with Crippen molar-refractivity contribution < 1.29 is 18.7 Å². The van der Waals surface area contributed by atoms with E-state index in [0.29, 0.717) is 24.0 Å². The van der Waals surface area contributed by atoms with Gasteiger partial charge in [0.05, 0.1) is 43.2 Å². The molecular formula is C23H22N2O4S. The van der Waals surface area contributed by atoms with Gasteiger partial charge < -0.3 is 13.9 Å². The van der Waals surface area contributed by atoms with Crippen molar-refractivity contribution in [2.75, 3.05) is 18.6 Å². The molecule has 6 nitrogen and oxygen atoms in total. The quantitative estimate of drug-likeness (QED) is 0.397. The summed E-state index contributed by atoms with van der Waals surface area (Å²) in [5.74, 6) is 2.20. The normalized spacial score (nSPS) is 10.9. The number of thiazole rings is 1. The number of hydrogen-bond acceptors (Lipinski definition) is 6.